The van der Waals surface area contributed by atoms with Crippen LogP contribution in [0, 0.1) is 0 Å². The second-order valence-electron chi connectivity index (χ2n) is 3.93. The van der Waals surface area contributed by atoms with Crippen LogP contribution in [-0.4, -0.2) is 44.8 Å². The number of aromatic carboxylic acids is 1. The lowest BCUT2D eigenvalue weighted by Gasteiger charge is -2.12. The van der Waals surface area contributed by atoms with Gasteiger partial charge in [-0.05, 0) is 12.1 Å². The Labute approximate surface area is 108 Å². The quantitative estimate of drug-likeness (QED) is 0.823. The van der Waals surface area contributed by atoms with E-state index in [9.17, 15) is 9.59 Å². The smallest absolute Gasteiger partial charge is 0.354 e. The number of ether oxygens (including phenoxy) is 1. The molecule has 100 valence electrons. The summed E-state index contributed by atoms with van der Waals surface area (Å²) in [5.41, 5.74) is 0.961. The van der Waals surface area contributed by atoms with Gasteiger partial charge in [-0.1, -0.05) is 6.07 Å². The SMILES string of the molecule is COC(Cc1cccc2ncc(C(=O)O)n12)C(=O)O. The van der Waals surface area contributed by atoms with Crippen molar-refractivity contribution in [3.8, 4) is 0 Å². The molecule has 0 fully saturated rings. The zero-order valence-electron chi connectivity index (χ0n) is 10.1. The molecule has 0 aliphatic carbocycles. The predicted octanol–water partition coefficient (Wildman–Crippen LogP) is 0.675. The maximum atomic E-state index is 11.1. The third-order valence-electron chi connectivity index (χ3n) is 2.78. The molecule has 19 heavy (non-hydrogen) atoms. The summed E-state index contributed by atoms with van der Waals surface area (Å²) in [6.07, 6.45) is 0.262. The number of carboxylic acid groups (broad SMARTS) is 2. The molecule has 0 aliphatic heterocycles. The van der Waals surface area contributed by atoms with Crippen molar-refractivity contribution in [3.05, 3.63) is 35.8 Å². The van der Waals surface area contributed by atoms with Crippen molar-refractivity contribution in [2.24, 2.45) is 0 Å². The number of imidazole rings is 1. The van der Waals surface area contributed by atoms with Crippen LogP contribution in [-0.2, 0) is 16.0 Å². The molecule has 2 N–H and O–H groups in total. The molecule has 2 rings (SSSR count). The molecule has 0 aliphatic rings. The van der Waals surface area contributed by atoms with Gasteiger partial charge in [-0.3, -0.25) is 4.40 Å². The standard InChI is InChI=1S/C12H12N2O5/c1-19-9(12(17)18)5-7-3-2-4-10-13-6-8(11(15)16)14(7)10/h2-4,6,9H,5H2,1H3,(H,15,16)(H,17,18). The van der Waals surface area contributed by atoms with Gasteiger partial charge < -0.3 is 14.9 Å². The molecule has 2 aromatic rings. The molecule has 0 bridgehead atoms. The first-order valence-corrected chi connectivity index (χ1v) is 5.49. The maximum absolute atomic E-state index is 11.1. The minimum atomic E-state index is -1.12. The number of methoxy groups -OCH3 is 1. The molecule has 2 heterocycles. The fourth-order valence-electron chi connectivity index (χ4n) is 1.88. The van der Waals surface area contributed by atoms with Crippen LogP contribution in [0.5, 0.6) is 0 Å². The lowest BCUT2D eigenvalue weighted by molar-refractivity contribution is -0.148. The number of aromatic nitrogens is 2. The van der Waals surface area contributed by atoms with Crippen molar-refractivity contribution in [3.63, 3.8) is 0 Å². The summed E-state index contributed by atoms with van der Waals surface area (Å²) in [6.45, 7) is 0. The number of hydrogen-bond donors (Lipinski definition) is 2. The van der Waals surface area contributed by atoms with Gasteiger partial charge in [-0.2, -0.15) is 0 Å². The van der Waals surface area contributed by atoms with E-state index in [0.717, 1.165) is 0 Å². The van der Waals surface area contributed by atoms with Crippen molar-refractivity contribution >= 4 is 17.6 Å². The van der Waals surface area contributed by atoms with Crippen LogP contribution in [0.3, 0.4) is 0 Å². The van der Waals surface area contributed by atoms with Gasteiger partial charge in [0.15, 0.2) is 11.8 Å². The van der Waals surface area contributed by atoms with Gasteiger partial charge in [0.2, 0.25) is 0 Å². The van der Waals surface area contributed by atoms with E-state index in [1.807, 2.05) is 0 Å². The lowest BCUT2D eigenvalue weighted by atomic mass is 10.1. The highest BCUT2D eigenvalue weighted by Gasteiger charge is 2.20. The van der Waals surface area contributed by atoms with Crippen LogP contribution >= 0.6 is 0 Å². The van der Waals surface area contributed by atoms with Crippen molar-refractivity contribution in [1.29, 1.82) is 0 Å². The molecular weight excluding hydrogens is 252 g/mol. The van der Waals surface area contributed by atoms with E-state index in [1.165, 1.54) is 17.7 Å². The summed E-state index contributed by atoms with van der Waals surface area (Å²) in [5.74, 6) is -2.22. The summed E-state index contributed by atoms with van der Waals surface area (Å²) in [5, 5.41) is 18.1. The highest BCUT2D eigenvalue weighted by Crippen LogP contribution is 2.13. The van der Waals surface area contributed by atoms with E-state index in [1.54, 1.807) is 18.2 Å². The first-order chi connectivity index (χ1) is 9.04. The van der Waals surface area contributed by atoms with Crippen LogP contribution in [0.4, 0.5) is 0 Å². The first kappa shape index (κ1) is 13.0. The number of rotatable bonds is 5. The highest BCUT2D eigenvalue weighted by molar-refractivity contribution is 5.86. The molecule has 2 aromatic heterocycles. The van der Waals surface area contributed by atoms with Gasteiger partial charge >= 0.3 is 11.9 Å². The summed E-state index contributed by atoms with van der Waals surface area (Å²) in [4.78, 5) is 26.0. The Bertz CT molecular complexity index is 634. The normalized spacial score (nSPS) is 12.5. The van der Waals surface area contributed by atoms with E-state index in [4.69, 9.17) is 14.9 Å². The van der Waals surface area contributed by atoms with E-state index in [-0.39, 0.29) is 12.1 Å². The molecule has 0 amide bonds. The summed E-state index contributed by atoms with van der Waals surface area (Å²) >= 11 is 0. The number of carboxylic acids is 2. The monoisotopic (exact) mass is 264 g/mol. The molecule has 0 spiro atoms. The highest BCUT2D eigenvalue weighted by atomic mass is 16.5. The van der Waals surface area contributed by atoms with E-state index >= 15 is 0 Å². The maximum Gasteiger partial charge on any atom is 0.354 e. The van der Waals surface area contributed by atoms with Crippen LogP contribution in [0.2, 0.25) is 0 Å². The van der Waals surface area contributed by atoms with Gasteiger partial charge in [0.1, 0.15) is 5.65 Å². The van der Waals surface area contributed by atoms with Crippen LogP contribution in [0.1, 0.15) is 16.2 Å². The largest absolute Gasteiger partial charge is 0.479 e. The second-order valence-corrected chi connectivity index (χ2v) is 3.93. The number of nitrogens with zero attached hydrogens (tertiary/aromatic N) is 2. The second kappa shape index (κ2) is 5.07. The number of aliphatic carboxylic acids is 1. The van der Waals surface area contributed by atoms with E-state index in [0.29, 0.717) is 11.3 Å². The molecule has 1 unspecified atom stereocenters. The molecule has 1 atom stereocenters. The fraction of sp³-hybridized carbons (Fsp3) is 0.250. The molecular formula is C12H12N2O5. The Morgan fingerprint density at radius 1 is 1.42 bits per heavy atom. The van der Waals surface area contributed by atoms with Crippen molar-refractivity contribution in [1.82, 2.24) is 9.38 Å². The van der Waals surface area contributed by atoms with Gasteiger partial charge in [-0.15, -0.1) is 0 Å². The lowest BCUT2D eigenvalue weighted by Crippen LogP contribution is -2.26. The molecule has 0 radical (unpaired) electrons. The van der Waals surface area contributed by atoms with Crippen molar-refractivity contribution in [2.45, 2.75) is 12.5 Å². The summed E-state index contributed by atoms with van der Waals surface area (Å²) in [6, 6.07) is 4.99. The first-order valence-electron chi connectivity index (χ1n) is 5.49. The fourth-order valence-corrected chi connectivity index (χ4v) is 1.88. The molecule has 7 heteroatoms. The van der Waals surface area contributed by atoms with Crippen molar-refractivity contribution < 1.29 is 24.5 Å². The van der Waals surface area contributed by atoms with Gasteiger partial charge in [0.25, 0.3) is 0 Å². The van der Waals surface area contributed by atoms with E-state index < -0.39 is 18.0 Å². The molecule has 0 saturated heterocycles. The Morgan fingerprint density at radius 2 is 2.16 bits per heavy atom. The molecule has 0 saturated carbocycles. The number of carbonyl (C=O) groups is 2. The topological polar surface area (TPSA) is 101 Å². The van der Waals surface area contributed by atoms with E-state index in [2.05, 4.69) is 4.98 Å². The van der Waals surface area contributed by atoms with Crippen molar-refractivity contribution in [2.75, 3.05) is 7.11 Å². The Balaban J connectivity index is 2.50. The number of fused-ring (bicyclic) bond motifs is 1. The van der Waals surface area contributed by atoms with Gasteiger partial charge in [-0.25, -0.2) is 14.6 Å². The average molecular weight is 264 g/mol. The number of hydrogen-bond acceptors (Lipinski definition) is 4. The summed E-state index contributed by atoms with van der Waals surface area (Å²) in [7, 11) is 1.30. The third kappa shape index (κ3) is 2.41. The Morgan fingerprint density at radius 3 is 2.74 bits per heavy atom. The third-order valence-corrected chi connectivity index (χ3v) is 2.78. The molecule has 7 nitrogen and oxygen atoms in total. The minimum Gasteiger partial charge on any atom is -0.479 e. The van der Waals surface area contributed by atoms with Crippen LogP contribution in [0.15, 0.2) is 24.4 Å². The minimum absolute atomic E-state index is 0.00848. The Kier molecular flexibility index (Phi) is 3.48. The molecule has 0 aromatic carbocycles. The van der Waals surface area contributed by atoms with Gasteiger partial charge in [0, 0.05) is 19.2 Å². The van der Waals surface area contributed by atoms with Gasteiger partial charge in [0.05, 0.1) is 6.20 Å². The average Bonchev–Trinajstić information content (AvgIpc) is 2.80. The zero-order chi connectivity index (χ0) is 14.0. The predicted molar refractivity (Wildman–Crippen MR) is 64.3 cm³/mol. The Hall–Kier alpha value is -2.41. The zero-order valence-corrected chi connectivity index (χ0v) is 10.1. The van der Waals surface area contributed by atoms with Crippen LogP contribution < -0.4 is 0 Å². The van der Waals surface area contributed by atoms with Crippen LogP contribution in [0.25, 0.3) is 5.65 Å². The number of pyridine rings is 1. The summed E-state index contributed by atoms with van der Waals surface area (Å²) < 4.78 is 6.27.